The lowest BCUT2D eigenvalue weighted by Gasteiger charge is -2.15. The van der Waals surface area contributed by atoms with Crippen LogP contribution in [0.1, 0.15) is 44.7 Å². The first kappa shape index (κ1) is 16.8. The van der Waals surface area contributed by atoms with Crippen LogP contribution in [0, 0.1) is 0 Å². The van der Waals surface area contributed by atoms with Gasteiger partial charge in [-0.3, -0.25) is 0 Å². The first-order valence-electron chi connectivity index (χ1n) is 7.42. The Balaban J connectivity index is 2.07. The summed E-state index contributed by atoms with van der Waals surface area (Å²) in [6, 6.07) is 6.78. The molecule has 6 heteroatoms. The van der Waals surface area contributed by atoms with E-state index in [0.29, 0.717) is 10.1 Å². The Morgan fingerprint density at radius 3 is 2.86 bits per heavy atom. The highest BCUT2D eigenvalue weighted by Crippen LogP contribution is 2.30. The molecule has 1 saturated carbocycles. The Bertz CT molecular complexity index is 573. The molecule has 2 rings (SSSR count). The summed E-state index contributed by atoms with van der Waals surface area (Å²) >= 11 is 1.92. The van der Waals surface area contributed by atoms with Crippen molar-refractivity contribution in [1.82, 2.24) is 4.72 Å². The molecular formula is C15H24N2O2S2. The molecule has 0 aromatic heterocycles. The molecule has 118 valence electrons. The van der Waals surface area contributed by atoms with Crippen molar-refractivity contribution in [3.05, 3.63) is 29.8 Å². The van der Waals surface area contributed by atoms with Crippen LogP contribution < -0.4 is 10.5 Å². The summed E-state index contributed by atoms with van der Waals surface area (Å²) in [5.74, 6) is 1.08. The van der Waals surface area contributed by atoms with Crippen LogP contribution in [0.15, 0.2) is 29.2 Å². The fraction of sp³-hybridized carbons (Fsp3) is 0.600. The maximum absolute atomic E-state index is 12.5. The summed E-state index contributed by atoms with van der Waals surface area (Å²) in [7, 11) is -3.45. The van der Waals surface area contributed by atoms with E-state index in [9.17, 15) is 8.42 Å². The summed E-state index contributed by atoms with van der Waals surface area (Å²) in [5.41, 5.74) is 6.66. The van der Waals surface area contributed by atoms with Crippen LogP contribution in [0.25, 0.3) is 0 Å². The smallest absolute Gasteiger partial charge is 0.240 e. The van der Waals surface area contributed by atoms with E-state index in [1.165, 1.54) is 0 Å². The third-order valence-corrected chi connectivity index (χ3v) is 6.55. The first-order chi connectivity index (χ1) is 9.92. The average Bonchev–Trinajstić information content (AvgIpc) is 2.86. The summed E-state index contributed by atoms with van der Waals surface area (Å²) in [6.07, 6.45) is 2.93. The quantitative estimate of drug-likeness (QED) is 0.842. The number of nitrogens with one attached hydrogen (secondary N) is 1. The molecule has 0 heterocycles. The Morgan fingerprint density at radius 1 is 1.43 bits per heavy atom. The molecule has 0 aliphatic heterocycles. The molecule has 3 atom stereocenters. The van der Waals surface area contributed by atoms with E-state index in [4.69, 9.17) is 5.73 Å². The van der Waals surface area contributed by atoms with E-state index in [1.54, 1.807) is 18.2 Å². The van der Waals surface area contributed by atoms with E-state index in [2.05, 4.69) is 11.6 Å². The lowest BCUT2D eigenvalue weighted by molar-refractivity contribution is 0.552. The number of nitrogens with two attached hydrogens (primary N) is 1. The number of thioether (sulfide) groups is 1. The van der Waals surface area contributed by atoms with Crippen LogP contribution >= 0.6 is 11.8 Å². The molecule has 4 nitrogen and oxygen atoms in total. The lowest BCUT2D eigenvalue weighted by Crippen LogP contribution is -2.33. The minimum absolute atomic E-state index is 0.0537. The van der Waals surface area contributed by atoms with Crippen molar-refractivity contribution in [1.29, 1.82) is 0 Å². The summed E-state index contributed by atoms with van der Waals surface area (Å²) in [4.78, 5) is 0.309. The third-order valence-electron chi connectivity index (χ3n) is 3.80. The monoisotopic (exact) mass is 328 g/mol. The van der Waals surface area contributed by atoms with Gasteiger partial charge in [0.1, 0.15) is 0 Å². The number of hydrogen-bond donors (Lipinski definition) is 2. The molecule has 1 fully saturated rings. The van der Waals surface area contributed by atoms with Crippen LogP contribution in [0.5, 0.6) is 0 Å². The molecule has 0 amide bonds. The van der Waals surface area contributed by atoms with Gasteiger partial charge >= 0.3 is 0 Å². The average molecular weight is 329 g/mol. The highest BCUT2D eigenvalue weighted by molar-refractivity contribution is 7.99. The largest absolute Gasteiger partial charge is 0.324 e. The standard InChI is InChI=1S/C15H24N2O2S2/c1-3-20-14-8-7-13(10-14)17-21(18,19)15-6-4-5-12(9-15)11(2)16/h4-6,9,11,13-14,17H,3,7-8,10,16H2,1-2H3. The second-order valence-electron chi connectivity index (χ2n) is 5.57. The van der Waals surface area contributed by atoms with Crippen molar-refractivity contribution in [2.75, 3.05) is 5.75 Å². The number of sulfonamides is 1. The zero-order chi connectivity index (χ0) is 15.5. The summed E-state index contributed by atoms with van der Waals surface area (Å²) < 4.78 is 27.8. The van der Waals surface area contributed by atoms with Crippen molar-refractivity contribution in [2.45, 2.75) is 55.3 Å². The van der Waals surface area contributed by atoms with Gasteiger partial charge in [-0.05, 0) is 49.6 Å². The number of hydrogen-bond acceptors (Lipinski definition) is 4. The highest BCUT2D eigenvalue weighted by atomic mass is 32.2. The van der Waals surface area contributed by atoms with E-state index >= 15 is 0 Å². The van der Waals surface area contributed by atoms with Crippen molar-refractivity contribution in [2.24, 2.45) is 5.73 Å². The van der Waals surface area contributed by atoms with Crippen molar-refractivity contribution in [3.8, 4) is 0 Å². The van der Waals surface area contributed by atoms with Crippen LogP contribution in [0.3, 0.4) is 0 Å². The molecule has 1 aliphatic rings. The lowest BCUT2D eigenvalue weighted by atomic mass is 10.1. The van der Waals surface area contributed by atoms with Gasteiger partial charge in [0.2, 0.25) is 10.0 Å². The Hall–Kier alpha value is -0.560. The van der Waals surface area contributed by atoms with Gasteiger partial charge in [0.05, 0.1) is 4.90 Å². The fourth-order valence-corrected chi connectivity index (χ4v) is 5.17. The molecule has 1 aromatic rings. The maximum atomic E-state index is 12.5. The first-order valence-corrected chi connectivity index (χ1v) is 9.95. The van der Waals surface area contributed by atoms with Gasteiger partial charge in [-0.15, -0.1) is 0 Å². The van der Waals surface area contributed by atoms with Crippen LogP contribution in [0.2, 0.25) is 0 Å². The number of rotatable bonds is 6. The van der Waals surface area contributed by atoms with Gasteiger partial charge in [-0.2, -0.15) is 11.8 Å². The molecule has 1 aromatic carbocycles. The predicted molar refractivity (Wildman–Crippen MR) is 88.9 cm³/mol. The summed E-state index contributed by atoms with van der Waals surface area (Å²) in [6.45, 7) is 3.99. The topological polar surface area (TPSA) is 72.2 Å². The van der Waals surface area contributed by atoms with Crippen molar-refractivity contribution >= 4 is 21.8 Å². The van der Waals surface area contributed by atoms with Crippen LogP contribution in [0.4, 0.5) is 0 Å². The fourth-order valence-electron chi connectivity index (χ4n) is 2.69. The van der Waals surface area contributed by atoms with Gasteiger partial charge in [-0.1, -0.05) is 19.1 Å². The molecule has 3 unspecified atom stereocenters. The molecule has 0 radical (unpaired) electrons. The Kier molecular flexibility index (Phi) is 5.71. The van der Waals surface area contributed by atoms with Gasteiger partial charge < -0.3 is 5.73 Å². The molecule has 0 bridgehead atoms. The van der Waals surface area contributed by atoms with Crippen molar-refractivity contribution < 1.29 is 8.42 Å². The van der Waals surface area contributed by atoms with E-state index in [-0.39, 0.29) is 12.1 Å². The van der Waals surface area contributed by atoms with E-state index in [0.717, 1.165) is 30.6 Å². The molecule has 0 saturated heterocycles. The second-order valence-corrected chi connectivity index (χ2v) is 8.86. The minimum Gasteiger partial charge on any atom is -0.324 e. The maximum Gasteiger partial charge on any atom is 0.240 e. The van der Waals surface area contributed by atoms with Gasteiger partial charge in [0, 0.05) is 17.3 Å². The van der Waals surface area contributed by atoms with Gasteiger partial charge in [0.15, 0.2) is 0 Å². The third kappa shape index (κ3) is 4.45. The Morgan fingerprint density at radius 2 is 2.19 bits per heavy atom. The highest BCUT2D eigenvalue weighted by Gasteiger charge is 2.28. The minimum atomic E-state index is -3.45. The Labute approximate surface area is 131 Å². The molecular weight excluding hydrogens is 304 g/mol. The van der Waals surface area contributed by atoms with Gasteiger partial charge in [-0.25, -0.2) is 13.1 Å². The van der Waals surface area contributed by atoms with Crippen molar-refractivity contribution in [3.63, 3.8) is 0 Å². The molecule has 21 heavy (non-hydrogen) atoms. The van der Waals surface area contributed by atoms with Gasteiger partial charge in [0.25, 0.3) is 0 Å². The SMILES string of the molecule is CCSC1CCC(NS(=O)(=O)c2cccc(C(C)N)c2)C1. The second kappa shape index (κ2) is 7.13. The molecule has 1 aliphatic carbocycles. The van der Waals surface area contributed by atoms with E-state index < -0.39 is 10.0 Å². The normalized spacial score (nSPS) is 24.1. The van der Waals surface area contributed by atoms with Crippen LogP contribution in [-0.4, -0.2) is 25.5 Å². The molecule has 3 N–H and O–H groups in total. The molecule has 0 spiro atoms. The predicted octanol–water partition coefficient (Wildman–Crippen LogP) is 2.66. The van der Waals surface area contributed by atoms with Crippen LogP contribution in [-0.2, 0) is 10.0 Å². The number of benzene rings is 1. The zero-order valence-corrected chi connectivity index (χ0v) is 14.2. The zero-order valence-electron chi connectivity index (χ0n) is 12.6. The summed E-state index contributed by atoms with van der Waals surface area (Å²) in [5, 5.41) is 0.582. The van der Waals surface area contributed by atoms with E-state index in [1.807, 2.05) is 24.8 Å².